The Morgan fingerprint density at radius 3 is 2.32 bits per heavy atom. The zero-order valence-electron chi connectivity index (χ0n) is 10.5. The van der Waals surface area contributed by atoms with Gasteiger partial charge in [0.2, 0.25) is 0 Å². The van der Waals surface area contributed by atoms with E-state index < -0.39 is 0 Å². The second-order valence-corrected chi connectivity index (χ2v) is 4.87. The quantitative estimate of drug-likeness (QED) is 0.836. The van der Waals surface area contributed by atoms with Crippen molar-refractivity contribution in [3.05, 3.63) is 45.9 Å². The fraction of sp³-hybridized carbons (Fsp3) is 0.143. The van der Waals surface area contributed by atoms with Gasteiger partial charge in [-0.1, -0.05) is 29.3 Å². The topological polar surface area (TPSA) is 44.5 Å². The van der Waals surface area contributed by atoms with Crippen LogP contribution in [0.2, 0.25) is 10.0 Å². The molecule has 2 aromatic rings. The van der Waals surface area contributed by atoms with Crippen molar-refractivity contribution in [3.8, 4) is 17.2 Å². The van der Waals surface area contributed by atoms with Crippen LogP contribution in [0.25, 0.3) is 0 Å². The number of halogens is 2. The number of methoxy groups -OCH3 is 1. The average Bonchev–Trinajstić information content (AvgIpc) is 2.37. The van der Waals surface area contributed by atoms with E-state index >= 15 is 0 Å². The Bertz CT molecular complexity index is 615. The van der Waals surface area contributed by atoms with Gasteiger partial charge in [-0.25, -0.2) is 0 Å². The molecule has 100 valence electrons. The third-order valence-electron chi connectivity index (χ3n) is 2.59. The molecule has 0 saturated carbocycles. The fourth-order valence-corrected chi connectivity index (χ4v) is 1.94. The van der Waals surface area contributed by atoms with Crippen LogP contribution in [0.15, 0.2) is 30.3 Å². The molecule has 0 heterocycles. The van der Waals surface area contributed by atoms with Crippen LogP contribution in [0.1, 0.15) is 5.56 Å². The molecule has 0 aliphatic carbocycles. The molecule has 0 saturated heterocycles. The molecule has 0 unspecified atom stereocenters. The molecule has 0 aromatic heterocycles. The second-order valence-electron chi connectivity index (χ2n) is 4.06. The number of benzene rings is 2. The molecule has 0 radical (unpaired) electrons. The summed E-state index contributed by atoms with van der Waals surface area (Å²) in [7, 11) is 1.58. The van der Waals surface area contributed by atoms with Crippen molar-refractivity contribution >= 4 is 28.9 Å². The molecule has 0 bridgehead atoms. The molecule has 0 spiro atoms. The highest BCUT2D eigenvalue weighted by Crippen LogP contribution is 2.38. The van der Waals surface area contributed by atoms with E-state index in [-0.39, 0.29) is 0 Å². The average molecular weight is 298 g/mol. The Morgan fingerprint density at radius 2 is 1.63 bits per heavy atom. The lowest BCUT2D eigenvalue weighted by atomic mass is 10.2. The van der Waals surface area contributed by atoms with Crippen LogP contribution in [0.3, 0.4) is 0 Å². The molecule has 19 heavy (non-hydrogen) atoms. The van der Waals surface area contributed by atoms with Gasteiger partial charge in [-0.05, 0) is 30.7 Å². The van der Waals surface area contributed by atoms with Gasteiger partial charge in [-0.3, -0.25) is 0 Å². The second kappa shape index (κ2) is 5.59. The molecule has 0 aliphatic rings. The minimum Gasteiger partial charge on any atom is -0.493 e. The Balaban J connectivity index is 2.39. The van der Waals surface area contributed by atoms with Crippen LogP contribution < -0.4 is 15.2 Å². The molecule has 0 fully saturated rings. The summed E-state index contributed by atoms with van der Waals surface area (Å²) < 4.78 is 11.0. The minimum absolute atomic E-state index is 0.386. The molecule has 3 nitrogen and oxygen atoms in total. The van der Waals surface area contributed by atoms with Gasteiger partial charge < -0.3 is 15.2 Å². The Labute approximate surface area is 121 Å². The van der Waals surface area contributed by atoms with E-state index in [2.05, 4.69) is 0 Å². The first-order chi connectivity index (χ1) is 9.01. The lowest BCUT2D eigenvalue weighted by Crippen LogP contribution is -1.95. The maximum absolute atomic E-state index is 5.95. The maximum atomic E-state index is 5.95. The highest BCUT2D eigenvalue weighted by atomic mass is 35.5. The standard InChI is InChI=1S/C14H13Cl2NO2/c1-8-3-4-12(14(5-8)18-2)19-13-7-10(16)9(15)6-11(13)17/h3-7H,17H2,1-2H3. The smallest absolute Gasteiger partial charge is 0.169 e. The normalized spacial score (nSPS) is 10.3. The van der Waals surface area contributed by atoms with E-state index in [1.165, 1.54) is 0 Å². The molecule has 0 aliphatic heterocycles. The summed E-state index contributed by atoms with van der Waals surface area (Å²) >= 11 is 11.8. The van der Waals surface area contributed by atoms with Crippen LogP contribution in [-0.4, -0.2) is 7.11 Å². The first-order valence-electron chi connectivity index (χ1n) is 5.58. The highest BCUT2D eigenvalue weighted by Gasteiger charge is 2.10. The first-order valence-corrected chi connectivity index (χ1v) is 6.34. The first kappa shape index (κ1) is 13.8. The number of ether oxygens (including phenoxy) is 2. The summed E-state index contributed by atoms with van der Waals surface area (Å²) in [5.74, 6) is 1.64. The van der Waals surface area contributed by atoms with Crippen molar-refractivity contribution in [2.24, 2.45) is 0 Å². The SMILES string of the molecule is COc1cc(C)ccc1Oc1cc(Cl)c(Cl)cc1N. The zero-order chi connectivity index (χ0) is 14.0. The monoisotopic (exact) mass is 297 g/mol. The van der Waals surface area contributed by atoms with Gasteiger partial charge in [-0.15, -0.1) is 0 Å². The fourth-order valence-electron chi connectivity index (χ4n) is 1.61. The summed E-state index contributed by atoms with van der Waals surface area (Å²) in [5, 5.41) is 0.777. The van der Waals surface area contributed by atoms with Gasteiger partial charge in [-0.2, -0.15) is 0 Å². The third kappa shape index (κ3) is 3.06. The zero-order valence-corrected chi connectivity index (χ0v) is 12.0. The van der Waals surface area contributed by atoms with Crippen LogP contribution in [-0.2, 0) is 0 Å². The van der Waals surface area contributed by atoms with Crippen LogP contribution in [0, 0.1) is 6.92 Å². The number of aryl methyl sites for hydroxylation is 1. The van der Waals surface area contributed by atoms with Crippen molar-refractivity contribution in [2.75, 3.05) is 12.8 Å². The number of rotatable bonds is 3. The molecule has 2 rings (SSSR count). The maximum Gasteiger partial charge on any atom is 0.169 e. The predicted octanol–water partition coefficient (Wildman–Crippen LogP) is 4.68. The Hall–Kier alpha value is -1.58. The number of nitrogens with two attached hydrogens (primary N) is 1. The van der Waals surface area contributed by atoms with Crippen molar-refractivity contribution < 1.29 is 9.47 Å². The van der Waals surface area contributed by atoms with E-state index in [1.807, 2.05) is 25.1 Å². The van der Waals surface area contributed by atoms with Crippen molar-refractivity contribution in [2.45, 2.75) is 6.92 Å². The molecular formula is C14H13Cl2NO2. The van der Waals surface area contributed by atoms with Crippen molar-refractivity contribution in [3.63, 3.8) is 0 Å². The van der Waals surface area contributed by atoms with E-state index in [4.69, 9.17) is 38.4 Å². The number of nitrogen functional groups attached to an aromatic ring is 1. The molecule has 2 N–H and O–H groups in total. The van der Waals surface area contributed by atoms with E-state index in [0.717, 1.165) is 5.56 Å². The van der Waals surface area contributed by atoms with Crippen LogP contribution in [0.4, 0.5) is 5.69 Å². The summed E-state index contributed by atoms with van der Waals surface area (Å²) in [6.07, 6.45) is 0. The van der Waals surface area contributed by atoms with Gasteiger partial charge in [0.15, 0.2) is 17.2 Å². The van der Waals surface area contributed by atoms with Gasteiger partial charge in [0.1, 0.15) is 0 Å². The third-order valence-corrected chi connectivity index (χ3v) is 3.31. The Morgan fingerprint density at radius 1 is 0.947 bits per heavy atom. The number of hydrogen-bond acceptors (Lipinski definition) is 3. The molecule has 0 amide bonds. The summed E-state index contributed by atoms with van der Waals surface area (Å²) in [4.78, 5) is 0. The molecule has 2 aromatic carbocycles. The molecular weight excluding hydrogens is 285 g/mol. The van der Waals surface area contributed by atoms with E-state index in [1.54, 1.807) is 19.2 Å². The van der Waals surface area contributed by atoms with Gasteiger partial charge in [0.05, 0.1) is 22.8 Å². The van der Waals surface area contributed by atoms with Crippen molar-refractivity contribution in [1.29, 1.82) is 0 Å². The van der Waals surface area contributed by atoms with Crippen LogP contribution >= 0.6 is 23.2 Å². The summed E-state index contributed by atoms with van der Waals surface area (Å²) in [6.45, 7) is 1.97. The Kier molecular flexibility index (Phi) is 4.08. The lowest BCUT2D eigenvalue weighted by Gasteiger charge is -2.13. The van der Waals surface area contributed by atoms with Gasteiger partial charge >= 0.3 is 0 Å². The van der Waals surface area contributed by atoms with Gasteiger partial charge in [0, 0.05) is 6.07 Å². The highest BCUT2D eigenvalue weighted by molar-refractivity contribution is 6.42. The number of anilines is 1. The summed E-state index contributed by atoms with van der Waals surface area (Å²) in [5.41, 5.74) is 7.34. The van der Waals surface area contributed by atoms with E-state index in [9.17, 15) is 0 Å². The largest absolute Gasteiger partial charge is 0.493 e. The van der Waals surface area contributed by atoms with Gasteiger partial charge in [0.25, 0.3) is 0 Å². The van der Waals surface area contributed by atoms with Crippen molar-refractivity contribution in [1.82, 2.24) is 0 Å². The van der Waals surface area contributed by atoms with E-state index in [0.29, 0.717) is 33.0 Å². The summed E-state index contributed by atoms with van der Waals surface area (Å²) in [6, 6.07) is 8.75. The molecule has 5 heteroatoms. The number of hydrogen-bond donors (Lipinski definition) is 1. The molecule has 0 atom stereocenters. The predicted molar refractivity (Wildman–Crippen MR) is 78.7 cm³/mol. The lowest BCUT2D eigenvalue weighted by molar-refractivity contribution is 0.379. The minimum atomic E-state index is 0.386. The van der Waals surface area contributed by atoms with Crippen LogP contribution in [0.5, 0.6) is 17.2 Å².